The highest BCUT2D eigenvalue weighted by Crippen LogP contribution is 2.31. The zero-order valence-electron chi connectivity index (χ0n) is 11.0. The van der Waals surface area contributed by atoms with Crippen molar-refractivity contribution in [3.05, 3.63) is 11.3 Å². The van der Waals surface area contributed by atoms with Gasteiger partial charge in [-0.3, -0.25) is 0 Å². The summed E-state index contributed by atoms with van der Waals surface area (Å²) < 4.78 is 10.7. The number of esters is 1. The average Bonchev–Trinajstić information content (AvgIpc) is 2.74. The molecule has 0 heterocycles. The van der Waals surface area contributed by atoms with Gasteiger partial charge in [-0.25, -0.2) is 4.79 Å². The van der Waals surface area contributed by atoms with Crippen molar-refractivity contribution >= 4 is 5.97 Å². The summed E-state index contributed by atoms with van der Waals surface area (Å²) in [5.74, 6) is 0.457. The molecule has 102 valence electrons. The van der Waals surface area contributed by atoms with Crippen LogP contribution in [0.1, 0.15) is 51.4 Å². The Bertz CT molecular complexity index is 335. The Morgan fingerprint density at radius 3 is 2.72 bits per heavy atom. The van der Waals surface area contributed by atoms with E-state index in [2.05, 4.69) is 0 Å². The molecule has 1 fully saturated rings. The van der Waals surface area contributed by atoms with E-state index in [0.717, 1.165) is 57.1 Å². The second kappa shape index (κ2) is 6.23. The van der Waals surface area contributed by atoms with Gasteiger partial charge in [-0.1, -0.05) is 12.8 Å². The Labute approximate surface area is 108 Å². The third kappa shape index (κ3) is 3.05. The van der Waals surface area contributed by atoms with Gasteiger partial charge in [0, 0.05) is 6.42 Å². The van der Waals surface area contributed by atoms with Gasteiger partial charge >= 0.3 is 5.97 Å². The maximum Gasteiger partial charge on any atom is 0.337 e. The molecule has 0 aliphatic heterocycles. The van der Waals surface area contributed by atoms with Crippen molar-refractivity contribution in [2.24, 2.45) is 0 Å². The van der Waals surface area contributed by atoms with Gasteiger partial charge in [0.15, 0.2) is 0 Å². The predicted octanol–water partition coefficient (Wildman–Crippen LogP) is 2.31. The molecule has 0 saturated heterocycles. The minimum atomic E-state index is -0.403. The first-order valence-corrected chi connectivity index (χ1v) is 6.87. The van der Waals surface area contributed by atoms with Gasteiger partial charge in [0.1, 0.15) is 11.9 Å². The lowest BCUT2D eigenvalue weighted by Gasteiger charge is -2.23. The Kier molecular flexibility index (Phi) is 4.64. The molecule has 2 rings (SSSR count). The number of methoxy groups -OCH3 is 1. The first-order chi connectivity index (χ1) is 8.72. The number of carbonyl (C=O) groups excluding carboxylic acids is 1. The van der Waals surface area contributed by atoms with E-state index in [4.69, 9.17) is 9.47 Å². The Balaban J connectivity index is 2.04. The Morgan fingerprint density at radius 2 is 1.94 bits per heavy atom. The van der Waals surface area contributed by atoms with Gasteiger partial charge in [-0.2, -0.15) is 0 Å². The van der Waals surface area contributed by atoms with Gasteiger partial charge in [0.2, 0.25) is 0 Å². The summed E-state index contributed by atoms with van der Waals surface area (Å²) in [5.41, 5.74) is 0.661. The molecule has 2 aliphatic carbocycles. The van der Waals surface area contributed by atoms with Crippen LogP contribution in [-0.2, 0) is 14.3 Å². The number of rotatable bonds is 3. The van der Waals surface area contributed by atoms with Crippen LogP contribution in [0.25, 0.3) is 0 Å². The molecule has 1 N–H and O–H groups in total. The highest BCUT2D eigenvalue weighted by atomic mass is 16.5. The molecule has 0 amide bonds. The molecule has 0 bridgehead atoms. The topological polar surface area (TPSA) is 55.8 Å². The van der Waals surface area contributed by atoms with Crippen molar-refractivity contribution < 1.29 is 19.4 Å². The van der Waals surface area contributed by atoms with Crippen molar-refractivity contribution in [2.75, 3.05) is 7.11 Å². The fourth-order valence-electron chi connectivity index (χ4n) is 2.76. The fourth-order valence-corrected chi connectivity index (χ4v) is 2.76. The number of hydrogen-bond acceptors (Lipinski definition) is 4. The van der Waals surface area contributed by atoms with Crippen LogP contribution in [0.5, 0.6) is 0 Å². The number of carbonyl (C=O) groups is 1. The van der Waals surface area contributed by atoms with Crippen molar-refractivity contribution in [1.82, 2.24) is 0 Å². The number of aliphatic hydroxyl groups is 1. The summed E-state index contributed by atoms with van der Waals surface area (Å²) in [6, 6.07) is 0. The molecule has 2 aliphatic rings. The molecule has 1 saturated carbocycles. The van der Waals surface area contributed by atoms with Gasteiger partial charge in [-0.15, -0.1) is 0 Å². The maximum absolute atomic E-state index is 11.6. The van der Waals surface area contributed by atoms with E-state index in [1.165, 1.54) is 7.11 Å². The molecule has 0 aromatic rings. The zero-order chi connectivity index (χ0) is 13.0. The minimum absolute atomic E-state index is 0.153. The predicted molar refractivity (Wildman–Crippen MR) is 66.9 cm³/mol. The van der Waals surface area contributed by atoms with E-state index in [-0.39, 0.29) is 12.1 Å². The summed E-state index contributed by atoms with van der Waals surface area (Å²) in [6.45, 7) is 0. The van der Waals surface area contributed by atoms with E-state index in [9.17, 15) is 9.90 Å². The SMILES string of the molecule is COC(=O)C1=C(O[C@H]2CCCCC[C@@H]2O)CCC1. The Hall–Kier alpha value is -1.03. The van der Waals surface area contributed by atoms with E-state index < -0.39 is 6.10 Å². The molecule has 0 spiro atoms. The third-order valence-electron chi connectivity index (χ3n) is 3.81. The van der Waals surface area contributed by atoms with Crippen molar-refractivity contribution in [2.45, 2.75) is 63.6 Å². The van der Waals surface area contributed by atoms with Gasteiger partial charge in [0.25, 0.3) is 0 Å². The fraction of sp³-hybridized carbons (Fsp3) is 0.786. The molecular formula is C14H22O4. The van der Waals surface area contributed by atoms with Crippen LogP contribution in [0.2, 0.25) is 0 Å². The summed E-state index contributed by atoms with van der Waals surface area (Å²) >= 11 is 0. The van der Waals surface area contributed by atoms with Crippen LogP contribution < -0.4 is 0 Å². The molecular weight excluding hydrogens is 232 g/mol. The van der Waals surface area contributed by atoms with Crippen LogP contribution in [0.15, 0.2) is 11.3 Å². The van der Waals surface area contributed by atoms with Crippen LogP contribution >= 0.6 is 0 Å². The quantitative estimate of drug-likeness (QED) is 0.620. The highest BCUT2D eigenvalue weighted by molar-refractivity contribution is 5.89. The summed E-state index contributed by atoms with van der Waals surface area (Å²) in [6.07, 6.45) is 6.86. The lowest BCUT2D eigenvalue weighted by atomic mass is 10.1. The lowest BCUT2D eigenvalue weighted by molar-refractivity contribution is -0.136. The monoisotopic (exact) mass is 254 g/mol. The zero-order valence-corrected chi connectivity index (χ0v) is 11.0. The van der Waals surface area contributed by atoms with E-state index >= 15 is 0 Å². The van der Waals surface area contributed by atoms with E-state index in [0.29, 0.717) is 5.57 Å². The van der Waals surface area contributed by atoms with Gasteiger partial charge in [-0.05, 0) is 32.1 Å². The summed E-state index contributed by atoms with van der Waals surface area (Å²) in [7, 11) is 1.39. The smallest absolute Gasteiger partial charge is 0.337 e. The lowest BCUT2D eigenvalue weighted by Crippen LogP contribution is -2.27. The molecule has 0 radical (unpaired) electrons. The summed E-state index contributed by atoms with van der Waals surface area (Å²) in [4.78, 5) is 11.6. The molecule has 0 unspecified atom stereocenters. The van der Waals surface area contributed by atoms with Gasteiger partial charge in [0.05, 0.1) is 18.8 Å². The van der Waals surface area contributed by atoms with Crippen LogP contribution in [0.4, 0.5) is 0 Å². The number of aliphatic hydroxyl groups excluding tert-OH is 1. The second-order valence-electron chi connectivity index (χ2n) is 5.11. The number of allylic oxidation sites excluding steroid dienone is 1. The summed E-state index contributed by atoms with van der Waals surface area (Å²) in [5, 5.41) is 10.0. The van der Waals surface area contributed by atoms with Gasteiger partial charge < -0.3 is 14.6 Å². The first-order valence-electron chi connectivity index (χ1n) is 6.87. The molecule has 4 nitrogen and oxygen atoms in total. The maximum atomic E-state index is 11.6. The largest absolute Gasteiger partial charge is 0.492 e. The molecule has 0 aromatic carbocycles. The molecule has 0 aromatic heterocycles. The molecule has 2 atom stereocenters. The van der Waals surface area contributed by atoms with Crippen molar-refractivity contribution in [3.63, 3.8) is 0 Å². The highest BCUT2D eigenvalue weighted by Gasteiger charge is 2.29. The first kappa shape index (κ1) is 13.4. The molecule has 18 heavy (non-hydrogen) atoms. The number of ether oxygens (including phenoxy) is 2. The standard InChI is InChI=1S/C14H22O4/c1-17-14(16)10-6-5-9-12(10)18-13-8-4-2-3-7-11(13)15/h11,13,15H,2-9H2,1H3/t11-,13-/m0/s1. The van der Waals surface area contributed by atoms with Crippen molar-refractivity contribution in [3.8, 4) is 0 Å². The minimum Gasteiger partial charge on any atom is -0.492 e. The third-order valence-corrected chi connectivity index (χ3v) is 3.81. The average molecular weight is 254 g/mol. The second-order valence-corrected chi connectivity index (χ2v) is 5.11. The molecule has 4 heteroatoms. The van der Waals surface area contributed by atoms with Crippen LogP contribution in [-0.4, -0.2) is 30.4 Å². The van der Waals surface area contributed by atoms with Crippen molar-refractivity contribution in [1.29, 1.82) is 0 Å². The van der Waals surface area contributed by atoms with E-state index in [1.54, 1.807) is 0 Å². The van der Waals surface area contributed by atoms with E-state index in [1.807, 2.05) is 0 Å². The Morgan fingerprint density at radius 1 is 1.17 bits per heavy atom. The van der Waals surface area contributed by atoms with Crippen LogP contribution in [0, 0.1) is 0 Å². The normalized spacial score (nSPS) is 29.0. The van der Waals surface area contributed by atoms with Crippen LogP contribution in [0.3, 0.4) is 0 Å². The number of hydrogen-bond donors (Lipinski definition) is 1.